The molecule has 1 heterocycles. The summed E-state index contributed by atoms with van der Waals surface area (Å²) in [5.74, 6) is 0. The Morgan fingerprint density at radius 1 is 0.520 bits per heavy atom. The first-order valence-corrected chi connectivity index (χ1v) is 18.3. The van der Waals surface area contributed by atoms with Gasteiger partial charge in [-0.05, 0) is 62.5 Å². The number of benzene rings is 7. The third-order valence-corrected chi connectivity index (χ3v) is 14.5. The second-order valence-electron chi connectivity index (χ2n) is 12.2. The summed E-state index contributed by atoms with van der Waals surface area (Å²) in [6.07, 6.45) is 0. The summed E-state index contributed by atoms with van der Waals surface area (Å²) in [6, 6.07) is 62.8. The standard InChI is InChI=1S/C45H28N4Si/c1-48-33-25-27-44-40(29-33)39-28-32(30-46)24-26-43(39)49(44)42-22-12-11-20-38(42)37-21-13-23-45(41(37)31-47)50(34-14-5-2-6-15-34,35-16-7-3-8-17-35)36-18-9-4-10-19-36/h2-29H. The minimum atomic E-state index is -3.01. The average molecular weight is 653 g/mol. The van der Waals surface area contributed by atoms with Crippen LogP contribution in [0.2, 0.25) is 0 Å². The Bertz CT molecular complexity index is 2510. The van der Waals surface area contributed by atoms with E-state index >= 15 is 0 Å². The molecule has 1 aromatic heterocycles. The Morgan fingerprint density at radius 3 is 1.64 bits per heavy atom. The van der Waals surface area contributed by atoms with Crippen LogP contribution in [0.3, 0.4) is 0 Å². The fourth-order valence-electron chi connectivity index (χ4n) is 7.55. The fourth-order valence-corrected chi connectivity index (χ4v) is 12.5. The van der Waals surface area contributed by atoms with Crippen LogP contribution in [0.25, 0.3) is 43.5 Å². The van der Waals surface area contributed by atoms with Gasteiger partial charge in [-0.3, -0.25) is 0 Å². The Labute approximate surface area is 291 Å². The summed E-state index contributed by atoms with van der Waals surface area (Å²) in [7, 11) is -3.01. The Balaban J connectivity index is 1.46. The van der Waals surface area contributed by atoms with E-state index in [1.165, 1.54) is 15.6 Å². The zero-order valence-corrected chi connectivity index (χ0v) is 28.0. The van der Waals surface area contributed by atoms with Crippen LogP contribution in [0, 0.1) is 29.2 Å². The molecule has 0 saturated carbocycles. The lowest BCUT2D eigenvalue weighted by molar-refractivity contribution is 1.18. The van der Waals surface area contributed by atoms with Crippen LogP contribution in [0.15, 0.2) is 170 Å². The first kappa shape index (κ1) is 30.4. The van der Waals surface area contributed by atoms with Crippen molar-refractivity contribution in [2.75, 3.05) is 0 Å². The molecule has 0 aliphatic heterocycles. The highest BCUT2D eigenvalue weighted by Gasteiger charge is 2.43. The van der Waals surface area contributed by atoms with Gasteiger partial charge < -0.3 is 4.57 Å². The number of fused-ring (bicyclic) bond motifs is 3. The molecule has 0 fully saturated rings. The molecule has 4 nitrogen and oxygen atoms in total. The number of nitrogens with zero attached hydrogens (tertiary/aromatic N) is 4. The number of aromatic nitrogens is 1. The Hall–Kier alpha value is -6.97. The number of hydrogen-bond acceptors (Lipinski definition) is 2. The maximum atomic E-state index is 11.3. The minimum absolute atomic E-state index is 0.538. The van der Waals surface area contributed by atoms with Crippen molar-refractivity contribution in [3.05, 3.63) is 192 Å². The van der Waals surface area contributed by atoms with Gasteiger partial charge in [-0.1, -0.05) is 133 Å². The largest absolute Gasteiger partial charge is 0.309 e. The molecular weight excluding hydrogens is 625 g/mol. The highest BCUT2D eigenvalue weighted by molar-refractivity contribution is 7.20. The van der Waals surface area contributed by atoms with Gasteiger partial charge in [-0.15, -0.1) is 0 Å². The molecule has 7 aromatic carbocycles. The normalized spacial score (nSPS) is 11.1. The van der Waals surface area contributed by atoms with Gasteiger partial charge in [0, 0.05) is 16.5 Å². The lowest BCUT2D eigenvalue weighted by Crippen LogP contribution is -2.75. The molecule has 0 bridgehead atoms. The predicted molar refractivity (Wildman–Crippen MR) is 206 cm³/mol. The van der Waals surface area contributed by atoms with Crippen molar-refractivity contribution in [3.63, 3.8) is 0 Å². The summed E-state index contributed by atoms with van der Waals surface area (Å²) < 4.78 is 2.19. The topological polar surface area (TPSA) is 56.9 Å². The third kappa shape index (κ3) is 4.72. The van der Waals surface area contributed by atoms with E-state index in [-0.39, 0.29) is 0 Å². The van der Waals surface area contributed by atoms with Crippen molar-refractivity contribution in [3.8, 4) is 29.0 Å². The molecule has 0 aliphatic carbocycles. The molecule has 0 atom stereocenters. The van der Waals surface area contributed by atoms with Crippen molar-refractivity contribution in [2.24, 2.45) is 0 Å². The SMILES string of the molecule is [C-]#[N+]c1ccc2c(c1)c1cc(C#N)ccc1n2-c1ccccc1-c1cccc([Si](c2ccccc2)(c2ccccc2)c2ccccc2)c1C#N. The molecule has 5 heteroatoms. The van der Waals surface area contributed by atoms with Gasteiger partial charge in [0.2, 0.25) is 0 Å². The molecule has 0 spiro atoms. The molecule has 0 N–H and O–H groups in total. The van der Waals surface area contributed by atoms with Crippen molar-refractivity contribution < 1.29 is 0 Å². The van der Waals surface area contributed by atoms with Crippen LogP contribution in [-0.4, -0.2) is 12.6 Å². The smallest absolute Gasteiger partial charge is 0.188 e. The average Bonchev–Trinajstić information content (AvgIpc) is 3.52. The van der Waals surface area contributed by atoms with Crippen LogP contribution in [0.5, 0.6) is 0 Å². The van der Waals surface area contributed by atoms with Crippen molar-refractivity contribution in [1.82, 2.24) is 4.57 Å². The number of hydrogen-bond donors (Lipinski definition) is 0. The fraction of sp³-hybridized carbons (Fsp3) is 0. The van der Waals surface area contributed by atoms with Gasteiger partial charge >= 0.3 is 0 Å². The van der Waals surface area contributed by atoms with Gasteiger partial charge in [0.25, 0.3) is 0 Å². The lowest BCUT2D eigenvalue weighted by atomic mass is 9.98. The summed E-state index contributed by atoms with van der Waals surface area (Å²) >= 11 is 0. The molecular formula is C45H28N4Si. The van der Waals surface area contributed by atoms with Crippen molar-refractivity contribution in [2.45, 2.75) is 0 Å². The first-order valence-electron chi connectivity index (χ1n) is 16.3. The molecule has 0 radical (unpaired) electrons. The second-order valence-corrected chi connectivity index (χ2v) is 16.0. The maximum Gasteiger partial charge on any atom is 0.188 e. The van der Waals surface area contributed by atoms with Gasteiger partial charge in [0.1, 0.15) is 0 Å². The zero-order valence-electron chi connectivity index (χ0n) is 27.0. The maximum absolute atomic E-state index is 11.3. The summed E-state index contributed by atoms with van der Waals surface area (Å²) in [4.78, 5) is 3.69. The number of nitriles is 2. The molecule has 0 saturated heterocycles. The highest BCUT2D eigenvalue weighted by atomic mass is 28.3. The molecule has 0 aliphatic rings. The van der Waals surface area contributed by atoms with Crippen LogP contribution < -0.4 is 20.7 Å². The molecule has 8 rings (SSSR count). The van der Waals surface area contributed by atoms with E-state index in [0.29, 0.717) is 16.8 Å². The van der Waals surface area contributed by atoms with E-state index in [2.05, 4.69) is 125 Å². The van der Waals surface area contributed by atoms with E-state index in [1.54, 1.807) is 0 Å². The Morgan fingerprint density at radius 2 is 1.06 bits per heavy atom. The van der Waals surface area contributed by atoms with Crippen LogP contribution in [0.1, 0.15) is 11.1 Å². The molecule has 232 valence electrons. The predicted octanol–water partition coefficient (Wildman–Crippen LogP) is 8.12. The molecule has 0 amide bonds. The zero-order chi connectivity index (χ0) is 34.1. The minimum Gasteiger partial charge on any atom is -0.309 e. The van der Waals surface area contributed by atoms with E-state index in [4.69, 9.17) is 6.57 Å². The van der Waals surface area contributed by atoms with Gasteiger partial charge in [-0.2, -0.15) is 10.5 Å². The lowest BCUT2D eigenvalue weighted by Gasteiger charge is -2.35. The number of rotatable bonds is 6. The third-order valence-electron chi connectivity index (χ3n) is 9.64. The van der Waals surface area contributed by atoms with Crippen LogP contribution in [0.4, 0.5) is 5.69 Å². The van der Waals surface area contributed by atoms with E-state index in [9.17, 15) is 10.5 Å². The van der Waals surface area contributed by atoms with Crippen LogP contribution in [-0.2, 0) is 0 Å². The summed E-state index contributed by atoms with van der Waals surface area (Å²) in [5.41, 5.74) is 6.26. The van der Waals surface area contributed by atoms with E-state index in [0.717, 1.165) is 43.8 Å². The molecule has 0 unspecified atom stereocenters. The first-order chi connectivity index (χ1) is 24.7. The van der Waals surface area contributed by atoms with E-state index < -0.39 is 8.07 Å². The second kappa shape index (κ2) is 12.6. The quantitative estimate of drug-likeness (QED) is 0.104. The Kier molecular flexibility index (Phi) is 7.63. The monoisotopic (exact) mass is 652 g/mol. The summed E-state index contributed by atoms with van der Waals surface area (Å²) in [6.45, 7) is 7.66. The molecule has 8 aromatic rings. The highest BCUT2D eigenvalue weighted by Crippen LogP contribution is 2.38. The van der Waals surface area contributed by atoms with Gasteiger partial charge in [0.15, 0.2) is 13.8 Å². The van der Waals surface area contributed by atoms with E-state index in [1.807, 2.05) is 66.7 Å². The van der Waals surface area contributed by atoms with Crippen LogP contribution >= 0.6 is 0 Å². The van der Waals surface area contributed by atoms with Gasteiger partial charge in [-0.25, -0.2) is 4.85 Å². The summed E-state index contributed by atoms with van der Waals surface area (Å²) in [5, 5.41) is 27.4. The number of para-hydroxylation sites is 1. The molecule has 50 heavy (non-hydrogen) atoms. The van der Waals surface area contributed by atoms with Crippen molar-refractivity contribution >= 4 is 56.3 Å². The van der Waals surface area contributed by atoms with Gasteiger partial charge in [0.05, 0.1) is 46.6 Å². The van der Waals surface area contributed by atoms with Crippen molar-refractivity contribution in [1.29, 1.82) is 10.5 Å².